The molecule has 0 rings (SSSR count). The molecule has 0 bridgehead atoms. The second-order valence-corrected chi connectivity index (χ2v) is 3.14. The Hall–Kier alpha value is -1.30. The number of carbonyl (C=O) groups is 1. The zero-order valence-electron chi connectivity index (χ0n) is 7.29. The Balaban J connectivity index is 4.32. The molecule has 6 heteroatoms. The van der Waals surface area contributed by atoms with Gasteiger partial charge in [-0.2, -0.15) is 5.10 Å². The standard InChI is InChI=1S/C6H15N5O/c1-6(2,5(7)11-9)3-4(12)10-8/h3,8-9H2,1-2H3,(H2,7,11)(H,10,12). The second-order valence-electron chi connectivity index (χ2n) is 3.14. The van der Waals surface area contributed by atoms with Crippen molar-refractivity contribution < 1.29 is 4.79 Å². The van der Waals surface area contributed by atoms with Gasteiger partial charge < -0.3 is 11.6 Å². The van der Waals surface area contributed by atoms with Gasteiger partial charge in [0.25, 0.3) is 0 Å². The largest absolute Gasteiger partial charge is 0.385 e. The van der Waals surface area contributed by atoms with Gasteiger partial charge in [-0.05, 0) is 0 Å². The summed E-state index contributed by atoms with van der Waals surface area (Å²) in [5, 5.41) is 3.32. The lowest BCUT2D eigenvalue weighted by molar-refractivity contribution is -0.122. The van der Waals surface area contributed by atoms with E-state index < -0.39 is 5.41 Å². The molecule has 0 aliphatic heterocycles. The highest BCUT2D eigenvalue weighted by atomic mass is 16.2. The van der Waals surface area contributed by atoms with Crippen molar-refractivity contribution in [2.24, 2.45) is 27.9 Å². The van der Waals surface area contributed by atoms with E-state index in [-0.39, 0.29) is 18.2 Å². The molecule has 12 heavy (non-hydrogen) atoms. The van der Waals surface area contributed by atoms with Gasteiger partial charge in [0.2, 0.25) is 5.91 Å². The van der Waals surface area contributed by atoms with E-state index >= 15 is 0 Å². The predicted molar refractivity (Wildman–Crippen MR) is 46.5 cm³/mol. The maximum atomic E-state index is 10.9. The van der Waals surface area contributed by atoms with Crippen LogP contribution >= 0.6 is 0 Å². The van der Waals surface area contributed by atoms with Gasteiger partial charge in [-0.15, -0.1) is 0 Å². The molecule has 0 saturated heterocycles. The molecule has 1 amide bonds. The fraction of sp³-hybridized carbons (Fsp3) is 0.667. The van der Waals surface area contributed by atoms with E-state index in [4.69, 9.17) is 17.4 Å². The zero-order chi connectivity index (χ0) is 9.78. The Kier molecular flexibility index (Phi) is 3.49. The van der Waals surface area contributed by atoms with Crippen LogP contribution in [0.25, 0.3) is 0 Å². The topological polar surface area (TPSA) is 120 Å². The fourth-order valence-corrected chi connectivity index (χ4v) is 0.718. The summed E-state index contributed by atoms with van der Waals surface area (Å²) in [6.45, 7) is 3.52. The molecule has 7 N–H and O–H groups in total. The smallest absolute Gasteiger partial charge is 0.234 e. The van der Waals surface area contributed by atoms with E-state index in [1.54, 1.807) is 13.8 Å². The SMILES string of the molecule is CC(C)(CC(=O)NN)/C(N)=N\N. The number of hydrogen-bond acceptors (Lipinski definition) is 4. The Bertz CT molecular complexity index is 198. The van der Waals surface area contributed by atoms with Crippen LogP contribution in [0.4, 0.5) is 0 Å². The highest BCUT2D eigenvalue weighted by Gasteiger charge is 2.25. The summed E-state index contributed by atoms with van der Waals surface area (Å²) < 4.78 is 0. The molecule has 0 aromatic carbocycles. The van der Waals surface area contributed by atoms with Crippen LogP contribution in [0, 0.1) is 5.41 Å². The molecule has 0 aromatic rings. The maximum absolute atomic E-state index is 10.9. The van der Waals surface area contributed by atoms with Crippen LogP contribution in [0.5, 0.6) is 0 Å². The molecular weight excluding hydrogens is 158 g/mol. The summed E-state index contributed by atoms with van der Waals surface area (Å²) in [6, 6.07) is 0. The first-order valence-corrected chi connectivity index (χ1v) is 3.47. The highest BCUT2D eigenvalue weighted by Crippen LogP contribution is 2.19. The number of hydrazone groups is 1. The van der Waals surface area contributed by atoms with Crippen molar-refractivity contribution >= 4 is 11.7 Å². The Morgan fingerprint density at radius 1 is 1.58 bits per heavy atom. The predicted octanol–water partition coefficient (Wildman–Crippen LogP) is -1.38. The number of amidine groups is 1. The van der Waals surface area contributed by atoms with Gasteiger partial charge in [0.15, 0.2) is 0 Å². The van der Waals surface area contributed by atoms with Crippen molar-refractivity contribution in [1.82, 2.24) is 5.43 Å². The van der Waals surface area contributed by atoms with Crippen LogP contribution in [0.15, 0.2) is 5.10 Å². The maximum Gasteiger partial charge on any atom is 0.234 e. The van der Waals surface area contributed by atoms with Crippen molar-refractivity contribution in [2.75, 3.05) is 0 Å². The molecule has 0 heterocycles. The first kappa shape index (κ1) is 10.7. The molecule has 0 unspecified atom stereocenters. The van der Waals surface area contributed by atoms with E-state index in [1.165, 1.54) is 0 Å². The lowest BCUT2D eigenvalue weighted by Gasteiger charge is -2.21. The molecule has 0 aliphatic carbocycles. The van der Waals surface area contributed by atoms with Crippen molar-refractivity contribution in [2.45, 2.75) is 20.3 Å². The minimum Gasteiger partial charge on any atom is -0.385 e. The van der Waals surface area contributed by atoms with Crippen molar-refractivity contribution in [3.8, 4) is 0 Å². The first-order chi connectivity index (χ1) is 5.44. The molecule has 0 atom stereocenters. The van der Waals surface area contributed by atoms with Crippen LogP contribution in [0.3, 0.4) is 0 Å². The third-order valence-corrected chi connectivity index (χ3v) is 1.60. The van der Waals surface area contributed by atoms with Gasteiger partial charge in [0, 0.05) is 11.8 Å². The highest BCUT2D eigenvalue weighted by molar-refractivity contribution is 5.90. The lowest BCUT2D eigenvalue weighted by Crippen LogP contribution is -2.40. The Labute approximate surface area is 71.1 Å². The third kappa shape index (κ3) is 2.75. The van der Waals surface area contributed by atoms with Crippen molar-refractivity contribution in [3.05, 3.63) is 0 Å². The van der Waals surface area contributed by atoms with E-state index in [0.29, 0.717) is 0 Å². The number of amides is 1. The van der Waals surface area contributed by atoms with Crippen LogP contribution in [0.2, 0.25) is 0 Å². The van der Waals surface area contributed by atoms with Crippen LogP contribution < -0.4 is 22.8 Å². The fourth-order valence-electron chi connectivity index (χ4n) is 0.718. The van der Waals surface area contributed by atoms with Crippen LogP contribution in [0.1, 0.15) is 20.3 Å². The van der Waals surface area contributed by atoms with E-state index in [9.17, 15) is 4.79 Å². The molecule has 0 radical (unpaired) electrons. The summed E-state index contributed by atoms with van der Waals surface area (Å²) in [5.41, 5.74) is 6.91. The van der Waals surface area contributed by atoms with Crippen molar-refractivity contribution in [1.29, 1.82) is 0 Å². The summed E-state index contributed by atoms with van der Waals surface area (Å²) in [5.74, 6) is 9.81. The van der Waals surface area contributed by atoms with Gasteiger partial charge in [-0.1, -0.05) is 13.8 Å². The van der Waals surface area contributed by atoms with E-state index in [1.807, 2.05) is 5.43 Å². The Morgan fingerprint density at radius 2 is 2.08 bits per heavy atom. The molecular formula is C6H15N5O. The molecule has 70 valence electrons. The molecule has 0 aliphatic rings. The van der Waals surface area contributed by atoms with E-state index in [2.05, 4.69) is 5.10 Å². The summed E-state index contributed by atoms with van der Waals surface area (Å²) in [7, 11) is 0. The third-order valence-electron chi connectivity index (χ3n) is 1.60. The first-order valence-electron chi connectivity index (χ1n) is 3.47. The Morgan fingerprint density at radius 3 is 2.42 bits per heavy atom. The number of hydrogen-bond donors (Lipinski definition) is 4. The lowest BCUT2D eigenvalue weighted by atomic mass is 9.88. The summed E-state index contributed by atoms with van der Waals surface area (Å²) in [6.07, 6.45) is 0.163. The van der Waals surface area contributed by atoms with Gasteiger partial charge in [-0.3, -0.25) is 10.2 Å². The molecule has 0 spiro atoms. The quantitative estimate of drug-likeness (QED) is 0.138. The number of hydrazine groups is 1. The summed E-state index contributed by atoms with van der Waals surface area (Å²) >= 11 is 0. The number of rotatable bonds is 3. The number of carbonyl (C=O) groups excluding carboxylic acids is 1. The van der Waals surface area contributed by atoms with E-state index in [0.717, 1.165) is 0 Å². The average molecular weight is 173 g/mol. The monoisotopic (exact) mass is 173 g/mol. The summed E-state index contributed by atoms with van der Waals surface area (Å²) in [4.78, 5) is 10.9. The van der Waals surface area contributed by atoms with Gasteiger partial charge in [0.1, 0.15) is 5.84 Å². The molecule has 0 aromatic heterocycles. The van der Waals surface area contributed by atoms with Crippen LogP contribution in [-0.2, 0) is 4.79 Å². The van der Waals surface area contributed by atoms with Crippen molar-refractivity contribution in [3.63, 3.8) is 0 Å². The van der Waals surface area contributed by atoms with Gasteiger partial charge in [-0.25, -0.2) is 5.84 Å². The number of nitrogens with zero attached hydrogens (tertiary/aromatic N) is 1. The average Bonchev–Trinajstić information content (AvgIpc) is 2.02. The van der Waals surface area contributed by atoms with Gasteiger partial charge in [0.05, 0.1) is 0 Å². The molecule has 0 saturated carbocycles. The second kappa shape index (κ2) is 3.91. The van der Waals surface area contributed by atoms with Crippen LogP contribution in [-0.4, -0.2) is 11.7 Å². The normalized spacial score (nSPS) is 12.8. The minimum atomic E-state index is -0.557. The minimum absolute atomic E-state index is 0.163. The zero-order valence-corrected chi connectivity index (χ0v) is 7.29. The van der Waals surface area contributed by atoms with Gasteiger partial charge >= 0.3 is 0 Å². The number of nitrogens with two attached hydrogens (primary N) is 3. The number of nitrogens with one attached hydrogen (secondary N) is 1. The molecule has 0 fully saturated rings. The molecule has 6 nitrogen and oxygen atoms in total.